The van der Waals surface area contributed by atoms with Gasteiger partial charge in [0.15, 0.2) is 0 Å². The van der Waals surface area contributed by atoms with E-state index < -0.39 is 0 Å². The number of hydrogen-bond donors (Lipinski definition) is 1. The van der Waals surface area contributed by atoms with Gasteiger partial charge < -0.3 is 0 Å². The molecule has 96 valence electrons. The number of unbranched alkanes of at least 4 members (excludes halogenated alkanes) is 3. The van der Waals surface area contributed by atoms with Gasteiger partial charge in [0.25, 0.3) is 0 Å². The molecule has 0 atom stereocenters. The van der Waals surface area contributed by atoms with Crippen molar-refractivity contribution in [2.45, 2.75) is 39.0 Å². The number of nitrogens with one attached hydrogen (secondary N) is 1. The number of rotatable bonds is 5. The fourth-order valence-corrected chi connectivity index (χ4v) is 5.05. The van der Waals surface area contributed by atoms with Gasteiger partial charge in [-0.05, 0) is 0 Å². The van der Waals surface area contributed by atoms with Gasteiger partial charge in [0, 0.05) is 0 Å². The van der Waals surface area contributed by atoms with Crippen LogP contribution in [0, 0.1) is 0 Å². The molecule has 0 aliphatic carbocycles. The van der Waals surface area contributed by atoms with Crippen molar-refractivity contribution in [2.75, 3.05) is 5.32 Å². The van der Waals surface area contributed by atoms with Crippen molar-refractivity contribution in [1.82, 2.24) is 0 Å². The molecule has 0 fully saturated rings. The summed E-state index contributed by atoms with van der Waals surface area (Å²) in [7, 11) is 0. The fraction of sp³-hybridized carbons (Fsp3) is 0.400. The van der Waals surface area contributed by atoms with Crippen LogP contribution in [0.3, 0.4) is 0 Å². The summed E-state index contributed by atoms with van der Waals surface area (Å²) in [6.45, 7) is 2.22. The quantitative estimate of drug-likeness (QED) is 0.638. The maximum atomic E-state index is 11.8. The Morgan fingerprint density at radius 2 is 2.00 bits per heavy atom. The van der Waals surface area contributed by atoms with E-state index in [9.17, 15) is 4.79 Å². The zero-order valence-electron chi connectivity index (χ0n) is 10.7. The van der Waals surface area contributed by atoms with Gasteiger partial charge in [0.2, 0.25) is 0 Å². The summed E-state index contributed by atoms with van der Waals surface area (Å²) < 4.78 is 2.74. The SMILES string of the molecule is CCCCCCC1=CC(=O)Nc2ccccc2[Te]1. The van der Waals surface area contributed by atoms with Crippen molar-refractivity contribution in [1.29, 1.82) is 0 Å². The molecule has 1 aromatic rings. The van der Waals surface area contributed by atoms with Crippen LogP contribution in [-0.2, 0) is 4.79 Å². The third-order valence-electron chi connectivity index (χ3n) is 2.95. The number of carbonyl (C=O) groups excluding carboxylic acids is 1. The number of para-hydroxylation sites is 1. The van der Waals surface area contributed by atoms with Crippen LogP contribution in [0.2, 0.25) is 0 Å². The van der Waals surface area contributed by atoms with Crippen molar-refractivity contribution in [3.8, 4) is 0 Å². The van der Waals surface area contributed by atoms with E-state index >= 15 is 0 Å². The number of amides is 1. The minimum absolute atomic E-state index is 0.0514. The molecule has 0 radical (unpaired) electrons. The number of anilines is 1. The van der Waals surface area contributed by atoms with Crippen molar-refractivity contribution in [3.05, 3.63) is 34.0 Å². The average Bonchev–Trinajstić information content (AvgIpc) is 2.52. The second-order valence-corrected chi connectivity index (χ2v) is 7.84. The van der Waals surface area contributed by atoms with Crippen molar-refractivity contribution >= 4 is 36.1 Å². The Labute approximate surface area is 119 Å². The number of carbonyl (C=O) groups is 1. The molecule has 0 bridgehead atoms. The first kappa shape index (κ1) is 13.6. The molecule has 1 aliphatic heterocycles. The van der Waals surface area contributed by atoms with Gasteiger partial charge in [-0.1, -0.05) is 0 Å². The maximum absolute atomic E-state index is 11.8. The van der Waals surface area contributed by atoms with E-state index in [4.69, 9.17) is 0 Å². The van der Waals surface area contributed by atoms with E-state index in [1.54, 1.807) is 0 Å². The molecule has 2 nitrogen and oxygen atoms in total. The predicted molar refractivity (Wildman–Crippen MR) is 77.3 cm³/mol. The molecule has 1 heterocycles. The molecule has 18 heavy (non-hydrogen) atoms. The summed E-state index contributed by atoms with van der Waals surface area (Å²) in [5, 5.41) is 2.97. The van der Waals surface area contributed by atoms with Crippen LogP contribution in [0.5, 0.6) is 0 Å². The standard InChI is InChI=1S/C15H19NOTe/c1-2-3-4-5-8-12-11-15(17)16-13-9-6-7-10-14(13)18-12/h6-7,9-11H,2-5,8H2,1H3,(H,16,17). The predicted octanol–water partition coefficient (Wildman–Crippen LogP) is 2.82. The molecule has 3 heteroatoms. The summed E-state index contributed by atoms with van der Waals surface area (Å²) in [5.41, 5.74) is 1.02. The fourth-order valence-electron chi connectivity index (χ4n) is 1.99. The molecular formula is C15H19NOTe. The van der Waals surface area contributed by atoms with Crippen molar-refractivity contribution in [2.24, 2.45) is 0 Å². The Hall–Kier alpha value is -0.780. The normalized spacial score (nSPS) is 14.5. The summed E-state index contributed by atoms with van der Waals surface area (Å²) in [5.74, 6) is 0.0514. The first-order valence-corrected chi connectivity index (χ1v) is 8.91. The Kier molecular flexibility index (Phi) is 5.28. The van der Waals surface area contributed by atoms with Crippen LogP contribution in [0.25, 0.3) is 0 Å². The Morgan fingerprint density at radius 3 is 2.83 bits per heavy atom. The molecule has 1 aromatic carbocycles. The van der Waals surface area contributed by atoms with Gasteiger partial charge in [-0.3, -0.25) is 0 Å². The third kappa shape index (κ3) is 3.86. The van der Waals surface area contributed by atoms with E-state index in [-0.39, 0.29) is 26.8 Å². The minimum atomic E-state index is -0.365. The van der Waals surface area contributed by atoms with Crippen LogP contribution < -0.4 is 8.93 Å². The van der Waals surface area contributed by atoms with E-state index in [2.05, 4.69) is 24.4 Å². The van der Waals surface area contributed by atoms with Crippen LogP contribution in [0.15, 0.2) is 34.0 Å². The second-order valence-electron chi connectivity index (χ2n) is 4.51. The average molecular weight is 357 g/mol. The summed E-state index contributed by atoms with van der Waals surface area (Å²) in [6, 6.07) is 8.21. The van der Waals surface area contributed by atoms with Crippen LogP contribution in [-0.4, -0.2) is 26.8 Å². The number of benzene rings is 1. The third-order valence-corrected chi connectivity index (χ3v) is 6.27. The number of hydrogen-bond acceptors (Lipinski definition) is 1. The first-order chi connectivity index (χ1) is 8.79. The van der Waals surface area contributed by atoms with Crippen LogP contribution in [0.1, 0.15) is 39.0 Å². The summed E-state index contributed by atoms with van der Waals surface area (Å²) >= 11 is -0.365. The van der Waals surface area contributed by atoms with Gasteiger partial charge in [-0.25, -0.2) is 0 Å². The number of allylic oxidation sites excluding steroid dienone is 1. The molecule has 1 aliphatic rings. The Balaban J connectivity index is 2.01. The zero-order chi connectivity index (χ0) is 12.8. The van der Waals surface area contributed by atoms with Gasteiger partial charge in [0.05, 0.1) is 0 Å². The molecule has 1 amide bonds. The molecular weight excluding hydrogens is 338 g/mol. The Morgan fingerprint density at radius 1 is 1.17 bits per heavy atom. The van der Waals surface area contributed by atoms with Gasteiger partial charge in [-0.2, -0.15) is 0 Å². The van der Waals surface area contributed by atoms with E-state index in [1.165, 1.54) is 32.9 Å². The van der Waals surface area contributed by atoms with Crippen LogP contribution >= 0.6 is 0 Å². The molecule has 0 spiro atoms. The van der Waals surface area contributed by atoms with Crippen molar-refractivity contribution < 1.29 is 4.79 Å². The van der Waals surface area contributed by atoms with E-state index in [0.717, 1.165) is 12.1 Å². The second kappa shape index (κ2) is 6.97. The first-order valence-electron chi connectivity index (χ1n) is 6.58. The molecule has 0 aromatic heterocycles. The monoisotopic (exact) mass is 359 g/mol. The van der Waals surface area contributed by atoms with Crippen molar-refractivity contribution in [3.63, 3.8) is 0 Å². The molecule has 0 unspecified atom stereocenters. The topological polar surface area (TPSA) is 29.1 Å². The zero-order valence-corrected chi connectivity index (χ0v) is 13.1. The summed E-state index contributed by atoms with van der Waals surface area (Å²) in [4.78, 5) is 11.8. The molecule has 1 N–H and O–H groups in total. The number of fused-ring (bicyclic) bond motifs is 1. The molecule has 0 saturated heterocycles. The summed E-state index contributed by atoms with van der Waals surface area (Å²) in [6.07, 6.45) is 8.01. The Bertz CT molecular complexity index is 454. The molecule has 2 rings (SSSR count). The van der Waals surface area contributed by atoms with Gasteiger partial charge in [-0.15, -0.1) is 0 Å². The van der Waals surface area contributed by atoms with E-state index in [1.807, 2.05) is 18.2 Å². The van der Waals surface area contributed by atoms with Gasteiger partial charge in [0.1, 0.15) is 0 Å². The molecule has 0 saturated carbocycles. The van der Waals surface area contributed by atoms with Gasteiger partial charge >= 0.3 is 119 Å². The van der Waals surface area contributed by atoms with E-state index in [0.29, 0.717) is 0 Å². The van der Waals surface area contributed by atoms with Crippen LogP contribution in [0.4, 0.5) is 5.69 Å².